The molecule has 2 aromatic carbocycles. The Kier molecular flexibility index (Phi) is 3.96. The van der Waals surface area contributed by atoms with Crippen molar-refractivity contribution < 1.29 is 15.0 Å². The van der Waals surface area contributed by atoms with Crippen LogP contribution in [0.1, 0.15) is 40.7 Å². The number of fused-ring (bicyclic) bond motifs is 1. The molecule has 0 atom stereocenters. The molecule has 1 saturated heterocycles. The lowest BCUT2D eigenvalue weighted by molar-refractivity contribution is 0.104. The Morgan fingerprint density at radius 1 is 0.920 bits per heavy atom. The molecule has 0 unspecified atom stereocenters. The van der Waals surface area contributed by atoms with Gasteiger partial charge in [0.1, 0.15) is 0 Å². The molecule has 0 saturated carbocycles. The molecule has 0 aromatic heterocycles. The third-order valence-electron chi connectivity index (χ3n) is 5.12. The molecule has 0 spiro atoms. The third kappa shape index (κ3) is 2.88. The van der Waals surface area contributed by atoms with E-state index in [4.69, 9.17) is 0 Å². The highest BCUT2D eigenvalue weighted by atomic mass is 16.3. The average molecular weight is 335 g/mol. The van der Waals surface area contributed by atoms with Gasteiger partial charge in [-0.1, -0.05) is 12.1 Å². The van der Waals surface area contributed by atoms with Crippen molar-refractivity contribution in [2.75, 3.05) is 18.0 Å². The van der Waals surface area contributed by atoms with Gasteiger partial charge in [0.05, 0.1) is 0 Å². The molecule has 0 radical (unpaired) electrons. The Morgan fingerprint density at radius 2 is 1.64 bits per heavy atom. The number of phenolic OH excluding ortho intramolecular Hbond substituents is 2. The summed E-state index contributed by atoms with van der Waals surface area (Å²) in [5.41, 5.74) is 3.83. The minimum Gasteiger partial charge on any atom is -0.504 e. The first kappa shape index (κ1) is 15.8. The number of phenols is 2. The van der Waals surface area contributed by atoms with E-state index >= 15 is 0 Å². The van der Waals surface area contributed by atoms with E-state index in [0.29, 0.717) is 23.1 Å². The van der Waals surface area contributed by atoms with Gasteiger partial charge in [-0.05, 0) is 55.2 Å². The summed E-state index contributed by atoms with van der Waals surface area (Å²) < 4.78 is 0. The zero-order chi connectivity index (χ0) is 17.4. The Labute approximate surface area is 147 Å². The monoisotopic (exact) mass is 335 g/mol. The number of ketones is 1. The number of rotatable bonds is 2. The van der Waals surface area contributed by atoms with Gasteiger partial charge in [-0.25, -0.2) is 0 Å². The largest absolute Gasteiger partial charge is 0.504 e. The van der Waals surface area contributed by atoms with Crippen molar-refractivity contribution in [3.63, 3.8) is 0 Å². The molecular formula is C21H21NO3. The van der Waals surface area contributed by atoms with Crippen LogP contribution in [0.4, 0.5) is 5.69 Å². The van der Waals surface area contributed by atoms with Gasteiger partial charge < -0.3 is 15.1 Å². The van der Waals surface area contributed by atoms with Crippen LogP contribution in [0.3, 0.4) is 0 Å². The van der Waals surface area contributed by atoms with E-state index in [2.05, 4.69) is 17.0 Å². The number of carbonyl (C=O) groups excluding carboxylic acids is 1. The molecule has 4 rings (SSSR count). The number of hydrogen-bond acceptors (Lipinski definition) is 4. The van der Waals surface area contributed by atoms with Gasteiger partial charge in [0, 0.05) is 41.9 Å². The van der Waals surface area contributed by atoms with Crippen LogP contribution in [0.2, 0.25) is 0 Å². The van der Waals surface area contributed by atoms with Gasteiger partial charge in [-0.3, -0.25) is 4.79 Å². The molecule has 1 aliphatic heterocycles. The van der Waals surface area contributed by atoms with Crippen LogP contribution in [0, 0.1) is 0 Å². The molecule has 128 valence electrons. The van der Waals surface area contributed by atoms with Gasteiger partial charge >= 0.3 is 0 Å². The summed E-state index contributed by atoms with van der Waals surface area (Å²) in [4.78, 5) is 14.9. The van der Waals surface area contributed by atoms with Crippen LogP contribution in [-0.2, 0) is 6.42 Å². The highest BCUT2D eigenvalue weighted by molar-refractivity contribution is 6.16. The molecule has 1 fully saturated rings. The van der Waals surface area contributed by atoms with Crippen LogP contribution in [0.15, 0.2) is 42.0 Å². The number of nitrogens with zero attached hydrogens (tertiary/aromatic N) is 1. The van der Waals surface area contributed by atoms with Gasteiger partial charge in [0.25, 0.3) is 0 Å². The third-order valence-corrected chi connectivity index (χ3v) is 5.12. The highest BCUT2D eigenvalue weighted by Crippen LogP contribution is 2.39. The molecule has 0 amide bonds. The second kappa shape index (κ2) is 6.28. The van der Waals surface area contributed by atoms with E-state index in [1.54, 1.807) is 6.07 Å². The Balaban J connectivity index is 1.57. The van der Waals surface area contributed by atoms with E-state index < -0.39 is 0 Å². The van der Waals surface area contributed by atoms with E-state index in [1.807, 2.05) is 18.2 Å². The van der Waals surface area contributed by atoms with Gasteiger partial charge in [0.2, 0.25) is 0 Å². The van der Waals surface area contributed by atoms with E-state index in [9.17, 15) is 15.0 Å². The quantitative estimate of drug-likeness (QED) is 0.645. The van der Waals surface area contributed by atoms with Crippen LogP contribution < -0.4 is 4.90 Å². The number of carbonyl (C=O) groups is 1. The maximum atomic E-state index is 12.5. The topological polar surface area (TPSA) is 60.8 Å². The first-order valence-corrected chi connectivity index (χ1v) is 8.77. The normalized spacial score (nSPS) is 18.6. The van der Waals surface area contributed by atoms with Crippen LogP contribution in [0.25, 0.3) is 6.08 Å². The minimum atomic E-state index is -0.185. The lowest BCUT2D eigenvalue weighted by Crippen LogP contribution is -2.29. The Bertz CT molecular complexity index is 846. The second-order valence-corrected chi connectivity index (χ2v) is 6.77. The van der Waals surface area contributed by atoms with E-state index in [0.717, 1.165) is 18.7 Å². The summed E-state index contributed by atoms with van der Waals surface area (Å²) in [5, 5.41) is 19.6. The SMILES string of the molecule is O=C1/C(=C/c2ccc(N3CCCCC3)cc2)Cc2c1ccc(O)c2O. The number of benzene rings is 2. The van der Waals surface area contributed by atoms with Crippen molar-refractivity contribution in [2.45, 2.75) is 25.7 Å². The summed E-state index contributed by atoms with van der Waals surface area (Å²) in [6, 6.07) is 11.2. The smallest absolute Gasteiger partial charge is 0.189 e. The van der Waals surface area contributed by atoms with Gasteiger partial charge in [-0.15, -0.1) is 0 Å². The first-order chi connectivity index (χ1) is 12.1. The van der Waals surface area contributed by atoms with Gasteiger partial charge in [0.15, 0.2) is 17.3 Å². The number of Topliss-reactive ketones (excluding diaryl/α,β-unsaturated/α-hetero) is 1. The van der Waals surface area contributed by atoms with Crippen molar-refractivity contribution in [3.05, 3.63) is 58.7 Å². The first-order valence-electron chi connectivity index (χ1n) is 8.77. The summed E-state index contributed by atoms with van der Waals surface area (Å²) in [5.74, 6) is -0.446. The predicted molar refractivity (Wildman–Crippen MR) is 98.3 cm³/mol. The number of hydrogen-bond donors (Lipinski definition) is 2. The van der Waals surface area contributed by atoms with Crippen molar-refractivity contribution >= 4 is 17.5 Å². The fraction of sp³-hybridized carbons (Fsp3) is 0.286. The fourth-order valence-corrected chi connectivity index (χ4v) is 3.71. The van der Waals surface area contributed by atoms with Crippen LogP contribution in [-0.4, -0.2) is 29.1 Å². The predicted octanol–water partition coefficient (Wildman–Crippen LogP) is 3.91. The maximum absolute atomic E-state index is 12.5. The highest BCUT2D eigenvalue weighted by Gasteiger charge is 2.28. The average Bonchev–Trinajstić information content (AvgIpc) is 2.96. The molecule has 4 nitrogen and oxygen atoms in total. The standard InChI is InChI=1S/C21H21NO3/c23-19-9-8-17-18(21(19)25)13-15(20(17)24)12-14-4-6-16(7-5-14)22-10-2-1-3-11-22/h4-9,12,23,25H,1-3,10-11,13H2/b15-12+. The summed E-state index contributed by atoms with van der Waals surface area (Å²) in [6.07, 6.45) is 6.02. The zero-order valence-electron chi connectivity index (χ0n) is 14.0. The van der Waals surface area contributed by atoms with Crippen molar-refractivity contribution in [1.29, 1.82) is 0 Å². The van der Waals surface area contributed by atoms with Crippen molar-refractivity contribution in [1.82, 2.24) is 0 Å². The molecule has 4 heteroatoms. The van der Waals surface area contributed by atoms with Gasteiger partial charge in [-0.2, -0.15) is 0 Å². The lowest BCUT2D eigenvalue weighted by Gasteiger charge is -2.28. The minimum absolute atomic E-state index is 0.0783. The van der Waals surface area contributed by atoms with Crippen LogP contribution in [0.5, 0.6) is 11.5 Å². The molecule has 2 N–H and O–H groups in total. The number of piperidine rings is 1. The molecular weight excluding hydrogens is 314 g/mol. The molecule has 2 aliphatic rings. The summed E-state index contributed by atoms with van der Waals surface area (Å²) in [6.45, 7) is 2.22. The number of anilines is 1. The maximum Gasteiger partial charge on any atom is 0.189 e. The second-order valence-electron chi connectivity index (χ2n) is 6.77. The molecule has 1 aliphatic carbocycles. The van der Waals surface area contributed by atoms with Crippen molar-refractivity contribution in [3.8, 4) is 11.5 Å². The van der Waals surface area contributed by atoms with E-state index in [1.165, 1.54) is 31.0 Å². The van der Waals surface area contributed by atoms with Crippen molar-refractivity contribution in [2.24, 2.45) is 0 Å². The van der Waals surface area contributed by atoms with Crippen LogP contribution >= 0.6 is 0 Å². The molecule has 0 bridgehead atoms. The summed E-state index contributed by atoms with van der Waals surface area (Å²) >= 11 is 0. The molecule has 1 heterocycles. The summed E-state index contributed by atoms with van der Waals surface area (Å²) in [7, 11) is 0. The number of aromatic hydroxyl groups is 2. The zero-order valence-corrected chi connectivity index (χ0v) is 14.0. The lowest BCUT2D eigenvalue weighted by atomic mass is 10.1. The molecule has 2 aromatic rings. The fourth-order valence-electron chi connectivity index (χ4n) is 3.71. The Morgan fingerprint density at radius 3 is 2.36 bits per heavy atom. The number of allylic oxidation sites excluding steroid dienone is 1. The molecule has 25 heavy (non-hydrogen) atoms. The van der Waals surface area contributed by atoms with E-state index in [-0.39, 0.29) is 17.3 Å². The Hall–Kier alpha value is -2.75.